The molecule has 0 bridgehead atoms. The van der Waals surface area contributed by atoms with Crippen LogP contribution < -0.4 is 14.8 Å². The summed E-state index contributed by atoms with van der Waals surface area (Å²) < 4.78 is 46.6. The van der Waals surface area contributed by atoms with Gasteiger partial charge in [-0.15, -0.1) is 0 Å². The van der Waals surface area contributed by atoms with E-state index in [0.29, 0.717) is 24.9 Å². The molecule has 0 aromatic heterocycles. The number of hydrogen-bond donors (Lipinski definition) is 1. The van der Waals surface area contributed by atoms with Gasteiger partial charge in [0.15, 0.2) is 18.1 Å². The van der Waals surface area contributed by atoms with E-state index in [0.717, 1.165) is 5.56 Å². The molecule has 1 rings (SSSR count). The molecule has 20 heavy (non-hydrogen) atoms. The molecular formula is C14H20F3NO2. The highest BCUT2D eigenvalue weighted by atomic mass is 19.4. The minimum Gasteiger partial charge on any atom is -0.490 e. The smallest absolute Gasteiger partial charge is 0.422 e. The number of nitrogens with one attached hydrogen (secondary N) is 1. The molecule has 6 heteroatoms. The van der Waals surface area contributed by atoms with E-state index in [-0.39, 0.29) is 5.75 Å². The number of ether oxygens (including phenoxy) is 2. The first-order chi connectivity index (χ1) is 9.31. The SMILES string of the molecule is CCOc1cc(CNC(C)C)ccc1OCC(F)(F)F. The first-order valence-corrected chi connectivity index (χ1v) is 6.50. The standard InChI is InChI=1S/C14H20F3NO2/c1-4-19-13-7-11(8-18-10(2)3)5-6-12(13)20-9-14(15,16)17/h5-7,10,18H,4,8-9H2,1-3H3. The average Bonchev–Trinajstić information content (AvgIpc) is 2.34. The first-order valence-electron chi connectivity index (χ1n) is 6.50. The van der Waals surface area contributed by atoms with Gasteiger partial charge in [-0.1, -0.05) is 19.9 Å². The van der Waals surface area contributed by atoms with Gasteiger partial charge in [0.2, 0.25) is 0 Å². The highest BCUT2D eigenvalue weighted by Crippen LogP contribution is 2.30. The quantitative estimate of drug-likeness (QED) is 0.833. The van der Waals surface area contributed by atoms with Gasteiger partial charge >= 0.3 is 6.18 Å². The van der Waals surface area contributed by atoms with Crippen molar-refractivity contribution >= 4 is 0 Å². The summed E-state index contributed by atoms with van der Waals surface area (Å²) >= 11 is 0. The van der Waals surface area contributed by atoms with Gasteiger partial charge in [0.1, 0.15) is 0 Å². The molecule has 0 saturated carbocycles. The Hall–Kier alpha value is -1.43. The average molecular weight is 291 g/mol. The highest BCUT2D eigenvalue weighted by Gasteiger charge is 2.29. The van der Waals surface area contributed by atoms with Gasteiger partial charge in [-0.05, 0) is 24.6 Å². The summed E-state index contributed by atoms with van der Waals surface area (Å²) in [6.45, 7) is 5.47. The molecule has 0 radical (unpaired) electrons. The zero-order valence-corrected chi connectivity index (χ0v) is 11.9. The minimum absolute atomic E-state index is 0.109. The number of benzene rings is 1. The van der Waals surface area contributed by atoms with Crippen LogP contribution in [-0.4, -0.2) is 25.4 Å². The lowest BCUT2D eigenvalue weighted by molar-refractivity contribution is -0.153. The van der Waals surface area contributed by atoms with Crippen molar-refractivity contribution in [2.75, 3.05) is 13.2 Å². The van der Waals surface area contributed by atoms with Crippen LogP contribution in [-0.2, 0) is 6.54 Å². The molecule has 0 aliphatic carbocycles. The molecule has 0 aliphatic rings. The van der Waals surface area contributed by atoms with E-state index in [1.165, 1.54) is 6.07 Å². The maximum atomic E-state index is 12.2. The van der Waals surface area contributed by atoms with Crippen molar-refractivity contribution in [2.24, 2.45) is 0 Å². The van der Waals surface area contributed by atoms with Gasteiger partial charge in [-0.2, -0.15) is 13.2 Å². The Morgan fingerprint density at radius 2 is 1.85 bits per heavy atom. The third kappa shape index (κ3) is 6.14. The summed E-state index contributed by atoms with van der Waals surface area (Å²) in [6.07, 6.45) is -4.36. The number of halogens is 3. The Morgan fingerprint density at radius 1 is 1.15 bits per heavy atom. The molecule has 0 fully saturated rings. The number of hydrogen-bond acceptors (Lipinski definition) is 3. The number of rotatable bonds is 7. The Morgan fingerprint density at radius 3 is 2.40 bits per heavy atom. The summed E-state index contributed by atoms with van der Waals surface area (Å²) in [5.41, 5.74) is 0.932. The molecule has 1 aromatic rings. The van der Waals surface area contributed by atoms with Gasteiger partial charge in [-0.3, -0.25) is 0 Å². The van der Waals surface area contributed by atoms with Crippen molar-refractivity contribution in [2.45, 2.75) is 39.5 Å². The third-order valence-electron chi connectivity index (χ3n) is 2.41. The van der Waals surface area contributed by atoms with Gasteiger partial charge < -0.3 is 14.8 Å². The molecule has 0 aliphatic heterocycles. The Balaban J connectivity index is 2.78. The van der Waals surface area contributed by atoms with E-state index in [2.05, 4.69) is 5.32 Å². The van der Waals surface area contributed by atoms with Crippen LogP contribution in [0.4, 0.5) is 13.2 Å². The zero-order valence-electron chi connectivity index (χ0n) is 11.9. The lowest BCUT2D eigenvalue weighted by Gasteiger charge is -2.15. The van der Waals surface area contributed by atoms with Crippen LogP contribution in [0.5, 0.6) is 11.5 Å². The normalized spacial score (nSPS) is 11.8. The van der Waals surface area contributed by atoms with Crippen LogP contribution in [0.1, 0.15) is 26.3 Å². The predicted molar refractivity (Wildman–Crippen MR) is 71.1 cm³/mol. The van der Waals surface area contributed by atoms with Crippen LogP contribution in [0.25, 0.3) is 0 Å². The zero-order chi connectivity index (χ0) is 15.2. The Kier molecular flexibility index (Phi) is 6.13. The Labute approximate surface area is 117 Å². The van der Waals surface area contributed by atoms with Crippen LogP contribution in [0.15, 0.2) is 18.2 Å². The van der Waals surface area contributed by atoms with Gasteiger partial charge in [-0.25, -0.2) is 0 Å². The second-order valence-electron chi connectivity index (χ2n) is 4.65. The van der Waals surface area contributed by atoms with Crippen molar-refractivity contribution in [3.63, 3.8) is 0 Å². The first kappa shape index (κ1) is 16.6. The van der Waals surface area contributed by atoms with E-state index in [1.807, 2.05) is 13.8 Å². The van der Waals surface area contributed by atoms with Crippen molar-refractivity contribution in [3.05, 3.63) is 23.8 Å². The molecule has 0 spiro atoms. The largest absolute Gasteiger partial charge is 0.490 e. The maximum Gasteiger partial charge on any atom is 0.422 e. The fourth-order valence-electron chi connectivity index (χ4n) is 1.53. The molecular weight excluding hydrogens is 271 g/mol. The summed E-state index contributed by atoms with van der Waals surface area (Å²) in [5.74, 6) is 0.442. The van der Waals surface area contributed by atoms with Gasteiger partial charge in [0.25, 0.3) is 0 Å². The third-order valence-corrected chi connectivity index (χ3v) is 2.41. The predicted octanol–water partition coefficient (Wildman–Crippen LogP) is 3.52. The maximum absolute atomic E-state index is 12.2. The summed E-state index contributed by atoms with van der Waals surface area (Å²) in [5, 5.41) is 3.23. The summed E-state index contributed by atoms with van der Waals surface area (Å²) in [4.78, 5) is 0. The lowest BCUT2D eigenvalue weighted by Crippen LogP contribution is -2.22. The highest BCUT2D eigenvalue weighted by molar-refractivity contribution is 5.43. The van der Waals surface area contributed by atoms with Crippen molar-refractivity contribution < 1.29 is 22.6 Å². The molecule has 114 valence electrons. The molecule has 0 unspecified atom stereocenters. The topological polar surface area (TPSA) is 30.5 Å². The summed E-state index contributed by atoms with van der Waals surface area (Å²) in [6, 6.07) is 5.26. The Bertz CT molecular complexity index is 419. The molecule has 3 nitrogen and oxygen atoms in total. The van der Waals surface area contributed by atoms with Crippen LogP contribution >= 0.6 is 0 Å². The fourth-order valence-corrected chi connectivity index (χ4v) is 1.53. The van der Waals surface area contributed by atoms with Crippen LogP contribution in [0.2, 0.25) is 0 Å². The van der Waals surface area contributed by atoms with E-state index in [1.54, 1.807) is 19.1 Å². The minimum atomic E-state index is -4.36. The molecule has 0 heterocycles. The molecule has 0 atom stereocenters. The van der Waals surface area contributed by atoms with Crippen molar-refractivity contribution in [1.82, 2.24) is 5.32 Å². The van der Waals surface area contributed by atoms with E-state index >= 15 is 0 Å². The second-order valence-corrected chi connectivity index (χ2v) is 4.65. The van der Waals surface area contributed by atoms with Gasteiger partial charge in [0, 0.05) is 12.6 Å². The van der Waals surface area contributed by atoms with Crippen LogP contribution in [0.3, 0.4) is 0 Å². The van der Waals surface area contributed by atoms with E-state index < -0.39 is 12.8 Å². The van der Waals surface area contributed by atoms with Gasteiger partial charge in [0.05, 0.1) is 6.61 Å². The fraction of sp³-hybridized carbons (Fsp3) is 0.571. The van der Waals surface area contributed by atoms with E-state index in [4.69, 9.17) is 9.47 Å². The van der Waals surface area contributed by atoms with Crippen molar-refractivity contribution in [1.29, 1.82) is 0 Å². The second kappa shape index (κ2) is 7.38. The van der Waals surface area contributed by atoms with Crippen LogP contribution in [0, 0.1) is 0 Å². The summed E-state index contributed by atoms with van der Waals surface area (Å²) in [7, 11) is 0. The monoisotopic (exact) mass is 291 g/mol. The molecule has 1 N–H and O–H groups in total. The molecule has 0 saturated heterocycles. The van der Waals surface area contributed by atoms with E-state index in [9.17, 15) is 13.2 Å². The molecule has 1 aromatic carbocycles. The number of alkyl halides is 3. The van der Waals surface area contributed by atoms with Crippen molar-refractivity contribution in [3.8, 4) is 11.5 Å². The lowest BCUT2D eigenvalue weighted by atomic mass is 10.2. The molecule has 0 amide bonds.